The molecule has 2 aromatic rings. The number of rotatable bonds is 3. The Morgan fingerprint density at radius 2 is 1.82 bits per heavy atom. The summed E-state index contributed by atoms with van der Waals surface area (Å²) in [5.74, 6) is 0. The van der Waals surface area contributed by atoms with Crippen molar-refractivity contribution in [2.24, 2.45) is 5.73 Å². The van der Waals surface area contributed by atoms with E-state index in [1.807, 2.05) is 18.2 Å². The third-order valence-corrected chi connectivity index (χ3v) is 3.39. The van der Waals surface area contributed by atoms with E-state index in [2.05, 4.69) is 58.2 Å². The van der Waals surface area contributed by atoms with Gasteiger partial charge in [-0.15, -0.1) is 0 Å². The van der Waals surface area contributed by atoms with Crippen LogP contribution in [-0.2, 0) is 6.54 Å². The lowest BCUT2D eigenvalue weighted by atomic mass is 10.2. The van der Waals surface area contributed by atoms with E-state index in [0.29, 0.717) is 6.54 Å². The van der Waals surface area contributed by atoms with E-state index in [4.69, 9.17) is 5.73 Å². The smallest absolute Gasteiger partial charge is 0.0552 e. The van der Waals surface area contributed by atoms with Gasteiger partial charge in [0.1, 0.15) is 0 Å². The molecule has 0 spiro atoms. The van der Waals surface area contributed by atoms with E-state index in [9.17, 15) is 0 Å². The number of anilines is 2. The number of nitrogens with two attached hydrogens (primary N) is 1. The molecule has 2 N–H and O–H groups in total. The van der Waals surface area contributed by atoms with Gasteiger partial charge in [-0.25, -0.2) is 0 Å². The van der Waals surface area contributed by atoms with Crippen molar-refractivity contribution < 1.29 is 0 Å². The molecule has 0 saturated heterocycles. The van der Waals surface area contributed by atoms with Gasteiger partial charge < -0.3 is 10.6 Å². The first kappa shape index (κ1) is 12.1. The van der Waals surface area contributed by atoms with E-state index in [1.165, 1.54) is 0 Å². The van der Waals surface area contributed by atoms with Crippen LogP contribution in [-0.4, -0.2) is 7.05 Å². The zero-order valence-electron chi connectivity index (χ0n) is 9.73. The average molecular weight is 291 g/mol. The minimum absolute atomic E-state index is 0.563. The van der Waals surface area contributed by atoms with Crippen molar-refractivity contribution in [3.05, 3.63) is 58.6 Å². The number of para-hydroxylation sites is 1. The van der Waals surface area contributed by atoms with Crippen LogP contribution in [0.1, 0.15) is 5.56 Å². The number of nitrogens with zero attached hydrogens (tertiary/aromatic N) is 1. The normalized spacial score (nSPS) is 10.3. The molecule has 0 fully saturated rings. The summed E-state index contributed by atoms with van der Waals surface area (Å²) in [5.41, 5.74) is 9.04. The molecule has 0 amide bonds. The summed E-state index contributed by atoms with van der Waals surface area (Å²) in [6.07, 6.45) is 0. The summed E-state index contributed by atoms with van der Waals surface area (Å²) >= 11 is 3.59. The van der Waals surface area contributed by atoms with Gasteiger partial charge in [-0.2, -0.15) is 0 Å². The lowest BCUT2D eigenvalue weighted by Gasteiger charge is -2.21. The van der Waals surface area contributed by atoms with E-state index >= 15 is 0 Å². The third kappa shape index (κ3) is 2.68. The maximum Gasteiger partial charge on any atom is 0.0552 e. The van der Waals surface area contributed by atoms with Gasteiger partial charge in [-0.3, -0.25) is 0 Å². The van der Waals surface area contributed by atoms with Crippen LogP contribution >= 0.6 is 15.9 Å². The second-order valence-electron chi connectivity index (χ2n) is 3.88. The predicted molar refractivity (Wildman–Crippen MR) is 76.5 cm³/mol. The number of benzene rings is 2. The molecule has 2 aromatic carbocycles. The molecule has 3 heteroatoms. The molecule has 0 aliphatic heterocycles. The molecule has 0 aromatic heterocycles. The number of hydrogen-bond acceptors (Lipinski definition) is 2. The molecule has 17 heavy (non-hydrogen) atoms. The fourth-order valence-electron chi connectivity index (χ4n) is 1.74. The Balaban J connectivity index is 2.34. The maximum atomic E-state index is 5.62. The van der Waals surface area contributed by atoms with Gasteiger partial charge in [-0.05, 0) is 45.8 Å². The molecule has 2 nitrogen and oxygen atoms in total. The van der Waals surface area contributed by atoms with Crippen LogP contribution in [0, 0.1) is 0 Å². The molecule has 0 bridgehead atoms. The van der Waals surface area contributed by atoms with E-state index in [0.717, 1.165) is 21.4 Å². The second kappa shape index (κ2) is 5.34. The van der Waals surface area contributed by atoms with Crippen LogP contribution in [0.4, 0.5) is 11.4 Å². The summed E-state index contributed by atoms with van der Waals surface area (Å²) in [5, 5.41) is 0. The predicted octanol–water partition coefficient (Wildman–Crippen LogP) is 3.68. The average Bonchev–Trinajstić information content (AvgIpc) is 2.39. The maximum absolute atomic E-state index is 5.62. The van der Waals surface area contributed by atoms with Crippen LogP contribution < -0.4 is 10.6 Å². The second-order valence-corrected chi connectivity index (χ2v) is 4.74. The molecule has 0 aliphatic rings. The molecule has 0 heterocycles. The standard InChI is InChI=1S/C14H15BrN2/c1-17(12-5-3-2-4-6-12)14-8-7-11(10-16)9-13(14)15/h2-9H,10,16H2,1H3. The first-order valence-corrected chi connectivity index (χ1v) is 6.29. The highest BCUT2D eigenvalue weighted by Crippen LogP contribution is 2.31. The SMILES string of the molecule is CN(c1ccccc1)c1ccc(CN)cc1Br. The third-order valence-electron chi connectivity index (χ3n) is 2.75. The minimum Gasteiger partial charge on any atom is -0.344 e. The molecule has 0 aliphatic carbocycles. The lowest BCUT2D eigenvalue weighted by molar-refractivity contribution is 1.06. The van der Waals surface area contributed by atoms with Crippen molar-refractivity contribution in [1.29, 1.82) is 0 Å². The first-order chi connectivity index (χ1) is 8.22. The van der Waals surface area contributed by atoms with Crippen molar-refractivity contribution >= 4 is 27.3 Å². The van der Waals surface area contributed by atoms with Crippen molar-refractivity contribution in [3.8, 4) is 0 Å². The van der Waals surface area contributed by atoms with Gasteiger partial charge in [-0.1, -0.05) is 24.3 Å². The molecule has 0 radical (unpaired) electrons. The summed E-state index contributed by atoms with van der Waals surface area (Å²) in [4.78, 5) is 2.14. The first-order valence-electron chi connectivity index (χ1n) is 5.49. The van der Waals surface area contributed by atoms with Gasteiger partial charge >= 0.3 is 0 Å². The highest BCUT2D eigenvalue weighted by molar-refractivity contribution is 9.10. The zero-order valence-corrected chi connectivity index (χ0v) is 11.3. The van der Waals surface area contributed by atoms with Crippen LogP contribution in [0.2, 0.25) is 0 Å². The fourth-order valence-corrected chi connectivity index (χ4v) is 2.43. The molecule has 0 atom stereocenters. The summed E-state index contributed by atoms with van der Waals surface area (Å²) in [6, 6.07) is 16.5. The van der Waals surface area contributed by atoms with Gasteiger partial charge in [0, 0.05) is 23.8 Å². The Labute approximate surface area is 110 Å². The van der Waals surface area contributed by atoms with Crippen LogP contribution in [0.15, 0.2) is 53.0 Å². The van der Waals surface area contributed by atoms with Gasteiger partial charge in [0.25, 0.3) is 0 Å². The van der Waals surface area contributed by atoms with Crippen molar-refractivity contribution in [3.63, 3.8) is 0 Å². The number of halogens is 1. The van der Waals surface area contributed by atoms with E-state index in [-0.39, 0.29) is 0 Å². The minimum atomic E-state index is 0.563. The monoisotopic (exact) mass is 290 g/mol. The molecule has 88 valence electrons. The summed E-state index contributed by atoms with van der Waals surface area (Å²) in [6.45, 7) is 0.563. The van der Waals surface area contributed by atoms with Gasteiger partial charge in [0.15, 0.2) is 0 Å². The zero-order chi connectivity index (χ0) is 12.3. The molecule has 0 unspecified atom stereocenters. The van der Waals surface area contributed by atoms with Gasteiger partial charge in [0.2, 0.25) is 0 Å². The largest absolute Gasteiger partial charge is 0.344 e. The summed E-state index contributed by atoms with van der Waals surface area (Å²) in [7, 11) is 2.05. The van der Waals surface area contributed by atoms with E-state index < -0.39 is 0 Å². The number of hydrogen-bond donors (Lipinski definition) is 1. The van der Waals surface area contributed by atoms with E-state index in [1.54, 1.807) is 0 Å². The van der Waals surface area contributed by atoms with Crippen molar-refractivity contribution in [2.75, 3.05) is 11.9 Å². The fraction of sp³-hybridized carbons (Fsp3) is 0.143. The molecule has 2 rings (SSSR count). The Bertz CT molecular complexity index is 497. The Morgan fingerprint density at radius 1 is 1.12 bits per heavy atom. The van der Waals surface area contributed by atoms with Crippen molar-refractivity contribution in [2.45, 2.75) is 6.54 Å². The van der Waals surface area contributed by atoms with Gasteiger partial charge in [0.05, 0.1) is 5.69 Å². The molecular formula is C14H15BrN2. The van der Waals surface area contributed by atoms with Crippen molar-refractivity contribution in [1.82, 2.24) is 0 Å². The molecule has 0 saturated carbocycles. The van der Waals surface area contributed by atoms with Crippen LogP contribution in [0.5, 0.6) is 0 Å². The molecular weight excluding hydrogens is 276 g/mol. The Hall–Kier alpha value is -1.32. The lowest BCUT2D eigenvalue weighted by Crippen LogP contribution is -2.10. The Kier molecular flexibility index (Phi) is 3.82. The quantitative estimate of drug-likeness (QED) is 0.934. The van der Waals surface area contributed by atoms with Crippen LogP contribution in [0.3, 0.4) is 0 Å². The Morgan fingerprint density at radius 3 is 2.41 bits per heavy atom. The topological polar surface area (TPSA) is 29.3 Å². The highest BCUT2D eigenvalue weighted by Gasteiger charge is 2.07. The highest BCUT2D eigenvalue weighted by atomic mass is 79.9. The summed E-state index contributed by atoms with van der Waals surface area (Å²) < 4.78 is 1.06. The van der Waals surface area contributed by atoms with Crippen LogP contribution in [0.25, 0.3) is 0 Å².